The van der Waals surface area contributed by atoms with E-state index in [1.165, 1.54) is 0 Å². The largest absolute Gasteiger partial charge is 0.383 e. The molecule has 0 aliphatic heterocycles. The number of pyridine rings is 1. The van der Waals surface area contributed by atoms with Gasteiger partial charge < -0.3 is 10.1 Å². The molecule has 2 heterocycles. The van der Waals surface area contributed by atoms with Crippen LogP contribution >= 0.6 is 0 Å². The van der Waals surface area contributed by atoms with Gasteiger partial charge in [-0.1, -0.05) is 0 Å². The average molecular weight is 393 g/mol. The fraction of sp³-hybridized carbons (Fsp3) is 0.600. The van der Waals surface area contributed by atoms with Crippen molar-refractivity contribution in [2.75, 3.05) is 32.6 Å². The zero-order valence-corrected chi connectivity index (χ0v) is 16.8. The second kappa shape index (κ2) is 8.96. The highest BCUT2D eigenvalue weighted by molar-refractivity contribution is 5.44. The van der Waals surface area contributed by atoms with Gasteiger partial charge in [-0.15, -0.1) is 0 Å². The molecule has 1 aliphatic rings. The molecule has 0 radical (unpaired) electrons. The number of nitrogens with one attached hydrogen (secondary N) is 1. The highest BCUT2D eigenvalue weighted by Crippen LogP contribution is 2.34. The first-order valence-corrected chi connectivity index (χ1v) is 9.70. The molecule has 0 saturated heterocycles. The van der Waals surface area contributed by atoms with Gasteiger partial charge in [0.05, 0.1) is 12.3 Å². The van der Waals surface area contributed by atoms with Crippen molar-refractivity contribution in [3.63, 3.8) is 0 Å². The normalized spacial score (nSPS) is 17.2. The van der Waals surface area contributed by atoms with Gasteiger partial charge >= 0.3 is 0 Å². The number of anilines is 1. The maximum atomic E-state index is 13.4. The molecule has 28 heavy (non-hydrogen) atoms. The van der Waals surface area contributed by atoms with Gasteiger partial charge in [0.2, 0.25) is 5.92 Å². The third kappa shape index (κ3) is 5.72. The molecule has 1 saturated carbocycles. The van der Waals surface area contributed by atoms with Crippen LogP contribution < -0.4 is 5.32 Å². The van der Waals surface area contributed by atoms with Crippen molar-refractivity contribution in [3.8, 4) is 5.82 Å². The standard InChI is InChI=1S/C20H29F2N5O/c1-15-6-9-27(25-15)19-13-16(14-26(2)10-11-28-3)12-18(24-19)23-17-4-7-20(21,22)8-5-17/h6,9,12-13,17H,4-5,7-8,10-11,14H2,1-3H3,(H,23,24). The highest BCUT2D eigenvalue weighted by atomic mass is 19.3. The summed E-state index contributed by atoms with van der Waals surface area (Å²) in [5.74, 6) is -1.11. The summed E-state index contributed by atoms with van der Waals surface area (Å²) in [7, 11) is 3.72. The molecule has 2 aromatic rings. The van der Waals surface area contributed by atoms with Crippen LogP contribution in [0.15, 0.2) is 24.4 Å². The van der Waals surface area contributed by atoms with E-state index < -0.39 is 5.92 Å². The molecule has 0 unspecified atom stereocenters. The van der Waals surface area contributed by atoms with Crippen LogP contribution in [-0.2, 0) is 11.3 Å². The number of aryl methyl sites for hydroxylation is 1. The third-order valence-electron chi connectivity index (χ3n) is 5.03. The Morgan fingerprint density at radius 2 is 2.07 bits per heavy atom. The lowest BCUT2D eigenvalue weighted by atomic mass is 9.92. The molecule has 154 valence electrons. The summed E-state index contributed by atoms with van der Waals surface area (Å²) in [4.78, 5) is 6.84. The van der Waals surface area contributed by atoms with Crippen LogP contribution in [0.1, 0.15) is 36.9 Å². The van der Waals surface area contributed by atoms with Crippen molar-refractivity contribution < 1.29 is 13.5 Å². The Hall–Kier alpha value is -2.06. The van der Waals surface area contributed by atoms with Crippen molar-refractivity contribution in [2.24, 2.45) is 0 Å². The summed E-state index contributed by atoms with van der Waals surface area (Å²) in [5, 5.41) is 7.81. The minimum atomic E-state index is -2.53. The van der Waals surface area contributed by atoms with Crippen molar-refractivity contribution in [1.82, 2.24) is 19.7 Å². The lowest BCUT2D eigenvalue weighted by Gasteiger charge is -2.29. The second-order valence-corrected chi connectivity index (χ2v) is 7.63. The molecule has 0 aromatic carbocycles. The number of rotatable bonds is 8. The van der Waals surface area contributed by atoms with E-state index in [-0.39, 0.29) is 18.9 Å². The molecule has 0 bridgehead atoms. The van der Waals surface area contributed by atoms with E-state index >= 15 is 0 Å². The molecule has 6 nitrogen and oxygen atoms in total. The van der Waals surface area contributed by atoms with Gasteiger partial charge in [0.1, 0.15) is 5.82 Å². The highest BCUT2D eigenvalue weighted by Gasteiger charge is 2.34. The molecule has 2 aromatic heterocycles. The molecule has 1 aliphatic carbocycles. The Labute approximate surface area is 164 Å². The maximum Gasteiger partial charge on any atom is 0.248 e. The molecule has 0 spiro atoms. The number of methoxy groups -OCH3 is 1. The number of ether oxygens (including phenoxy) is 1. The maximum absolute atomic E-state index is 13.4. The minimum absolute atomic E-state index is 0.0146. The monoisotopic (exact) mass is 393 g/mol. The van der Waals surface area contributed by atoms with E-state index in [9.17, 15) is 8.78 Å². The summed E-state index contributed by atoms with van der Waals surface area (Å²) >= 11 is 0. The summed E-state index contributed by atoms with van der Waals surface area (Å²) < 4.78 is 33.8. The van der Waals surface area contributed by atoms with Crippen molar-refractivity contribution in [3.05, 3.63) is 35.7 Å². The van der Waals surface area contributed by atoms with Crippen LogP contribution in [0, 0.1) is 6.92 Å². The predicted molar refractivity (Wildman–Crippen MR) is 105 cm³/mol. The number of alkyl halides is 2. The summed E-state index contributed by atoms with van der Waals surface area (Å²) in [6.07, 6.45) is 2.62. The second-order valence-electron chi connectivity index (χ2n) is 7.63. The topological polar surface area (TPSA) is 55.2 Å². The summed E-state index contributed by atoms with van der Waals surface area (Å²) in [5.41, 5.74) is 1.99. The van der Waals surface area contributed by atoms with Crippen LogP contribution in [-0.4, -0.2) is 58.9 Å². The van der Waals surface area contributed by atoms with Crippen molar-refractivity contribution in [2.45, 2.75) is 51.1 Å². The fourth-order valence-electron chi connectivity index (χ4n) is 3.43. The zero-order chi connectivity index (χ0) is 20.1. The van der Waals surface area contributed by atoms with E-state index in [0.717, 1.165) is 30.2 Å². The number of hydrogen-bond acceptors (Lipinski definition) is 5. The van der Waals surface area contributed by atoms with E-state index in [0.29, 0.717) is 25.3 Å². The van der Waals surface area contributed by atoms with Gasteiger partial charge in [-0.25, -0.2) is 18.4 Å². The molecule has 8 heteroatoms. The van der Waals surface area contributed by atoms with Gasteiger partial charge in [-0.3, -0.25) is 4.90 Å². The Kier molecular flexibility index (Phi) is 6.61. The zero-order valence-electron chi connectivity index (χ0n) is 16.8. The van der Waals surface area contributed by atoms with Gasteiger partial charge in [-0.2, -0.15) is 5.10 Å². The van der Waals surface area contributed by atoms with E-state index in [2.05, 4.69) is 20.3 Å². The molecular weight excluding hydrogens is 364 g/mol. The van der Waals surface area contributed by atoms with Gasteiger partial charge in [0.15, 0.2) is 5.82 Å². The van der Waals surface area contributed by atoms with E-state index in [4.69, 9.17) is 4.74 Å². The number of halogens is 2. The molecule has 1 fully saturated rings. The average Bonchev–Trinajstić information content (AvgIpc) is 3.08. The molecule has 0 atom stereocenters. The third-order valence-corrected chi connectivity index (χ3v) is 5.03. The van der Waals surface area contributed by atoms with Crippen molar-refractivity contribution >= 4 is 5.82 Å². The lowest BCUT2D eigenvalue weighted by molar-refractivity contribution is -0.0361. The van der Waals surface area contributed by atoms with E-state index in [1.807, 2.05) is 38.4 Å². The first-order valence-electron chi connectivity index (χ1n) is 9.70. The summed E-state index contributed by atoms with van der Waals surface area (Å²) in [6, 6.07) is 5.95. The van der Waals surface area contributed by atoms with Gasteiger partial charge in [-0.05, 0) is 50.6 Å². The predicted octanol–water partition coefficient (Wildman–Crippen LogP) is 3.64. The number of aromatic nitrogens is 3. The lowest BCUT2D eigenvalue weighted by Crippen LogP contribution is -2.32. The first kappa shape index (κ1) is 20.7. The quantitative estimate of drug-likeness (QED) is 0.742. The minimum Gasteiger partial charge on any atom is -0.383 e. The van der Waals surface area contributed by atoms with Crippen LogP contribution in [0.25, 0.3) is 5.82 Å². The Balaban J connectivity index is 1.78. The smallest absolute Gasteiger partial charge is 0.248 e. The SMILES string of the molecule is COCCN(C)Cc1cc(NC2CCC(F)(F)CC2)nc(-n2ccc(C)n2)c1. The van der Waals surface area contributed by atoms with E-state index in [1.54, 1.807) is 11.8 Å². The molecule has 3 rings (SSSR count). The molecule has 0 amide bonds. The molecular formula is C20H29F2N5O. The Bertz CT molecular complexity index is 770. The Morgan fingerprint density at radius 1 is 1.32 bits per heavy atom. The summed E-state index contributed by atoms with van der Waals surface area (Å²) in [6.45, 7) is 4.14. The number of likely N-dealkylation sites (N-methyl/N-ethyl adjacent to an activating group) is 1. The fourth-order valence-corrected chi connectivity index (χ4v) is 3.43. The van der Waals surface area contributed by atoms with Crippen molar-refractivity contribution in [1.29, 1.82) is 0 Å². The number of hydrogen-bond donors (Lipinski definition) is 1. The number of nitrogens with zero attached hydrogens (tertiary/aromatic N) is 4. The first-order chi connectivity index (χ1) is 13.3. The Morgan fingerprint density at radius 3 is 2.71 bits per heavy atom. The van der Waals surface area contributed by atoms with Crippen LogP contribution in [0.4, 0.5) is 14.6 Å². The van der Waals surface area contributed by atoms with Gasteiger partial charge in [0, 0.05) is 45.3 Å². The van der Waals surface area contributed by atoms with Gasteiger partial charge in [0.25, 0.3) is 0 Å². The van der Waals surface area contributed by atoms with Crippen LogP contribution in [0.3, 0.4) is 0 Å². The molecule has 1 N–H and O–H groups in total. The van der Waals surface area contributed by atoms with Crippen LogP contribution in [0.2, 0.25) is 0 Å². The van der Waals surface area contributed by atoms with Crippen LogP contribution in [0.5, 0.6) is 0 Å².